The van der Waals surface area contributed by atoms with Crippen LogP contribution in [0.2, 0.25) is 0 Å². The largest absolute Gasteiger partial charge is 0.468 e. The smallest absolute Gasteiger partial charge is 0.122 e. The highest BCUT2D eigenvalue weighted by molar-refractivity contribution is 5.17. The molecule has 1 aromatic rings. The molecule has 3 rings (SSSR count). The van der Waals surface area contributed by atoms with E-state index in [0.717, 1.165) is 30.8 Å². The molecule has 19 heavy (non-hydrogen) atoms. The van der Waals surface area contributed by atoms with Gasteiger partial charge in [-0.2, -0.15) is 0 Å². The SMILES string of the molecule is CC(C)(C)NCc1ccoc1CN1CC2CCC1C2. The lowest BCUT2D eigenvalue weighted by Gasteiger charge is -2.26. The third kappa shape index (κ3) is 3.03. The van der Waals surface area contributed by atoms with Gasteiger partial charge in [0.05, 0.1) is 12.8 Å². The van der Waals surface area contributed by atoms with Crippen molar-refractivity contribution in [3.05, 3.63) is 23.7 Å². The van der Waals surface area contributed by atoms with Crippen LogP contribution in [0.4, 0.5) is 0 Å². The Morgan fingerprint density at radius 1 is 1.37 bits per heavy atom. The zero-order valence-corrected chi connectivity index (χ0v) is 12.4. The minimum Gasteiger partial charge on any atom is -0.468 e. The van der Waals surface area contributed by atoms with Gasteiger partial charge in [0, 0.05) is 30.2 Å². The predicted molar refractivity (Wildman–Crippen MR) is 76.8 cm³/mol. The molecule has 1 aromatic heterocycles. The number of nitrogens with zero attached hydrogens (tertiary/aromatic N) is 1. The quantitative estimate of drug-likeness (QED) is 0.903. The third-order valence-corrected chi connectivity index (χ3v) is 4.52. The van der Waals surface area contributed by atoms with Crippen LogP contribution in [0.5, 0.6) is 0 Å². The summed E-state index contributed by atoms with van der Waals surface area (Å²) in [6.45, 7) is 9.77. The molecule has 3 heteroatoms. The molecule has 2 heterocycles. The van der Waals surface area contributed by atoms with Crippen LogP contribution >= 0.6 is 0 Å². The Balaban J connectivity index is 1.61. The van der Waals surface area contributed by atoms with Crippen molar-refractivity contribution in [2.75, 3.05) is 6.54 Å². The Hall–Kier alpha value is -0.800. The average molecular weight is 262 g/mol. The second-order valence-corrected chi connectivity index (χ2v) is 7.23. The fourth-order valence-corrected chi connectivity index (χ4v) is 3.43. The molecular weight excluding hydrogens is 236 g/mol. The van der Waals surface area contributed by atoms with Gasteiger partial charge in [-0.1, -0.05) is 0 Å². The standard InChI is InChI=1S/C16H26N2O/c1-16(2,3)17-9-13-6-7-19-15(13)11-18-10-12-4-5-14(18)8-12/h6-7,12,14,17H,4-5,8-11H2,1-3H3. The number of fused-ring (bicyclic) bond motifs is 2. The van der Waals surface area contributed by atoms with Crippen molar-refractivity contribution in [3.63, 3.8) is 0 Å². The van der Waals surface area contributed by atoms with E-state index in [4.69, 9.17) is 4.42 Å². The van der Waals surface area contributed by atoms with E-state index in [2.05, 4.69) is 37.1 Å². The molecule has 1 aliphatic heterocycles. The summed E-state index contributed by atoms with van der Waals surface area (Å²) in [5.74, 6) is 2.11. The van der Waals surface area contributed by atoms with Crippen LogP contribution in [0, 0.1) is 5.92 Å². The second-order valence-electron chi connectivity index (χ2n) is 7.23. The summed E-state index contributed by atoms with van der Waals surface area (Å²) >= 11 is 0. The predicted octanol–water partition coefficient (Wildman–Crippen LogP) is 3.15. The summed E-state index contributed by atoms with van der Waals surface area (Å²) in [6, 6.07) is 2.93. The van der Waals surface area contributed by atoms with E-state index < -0.39 is 0 Å². The topological polar surface area (TPSA) is 28.4 Å². The molecule has 2 fully saturated rings. The molecule has 2 bridgehead atoms. The van der Waals surface area contributed by atoms with E-state index in [1.807, 2.05) is 6.26 Å². The molecule has 1 N–H and O–H groups in total. The lowest BCUT2D eigenvalue weighted by molar-refractivity contribution is 0.189. The molecule has 3 nitrogen and oxygen atoms in total. The number of furan rings is 1. The van der Waals surface area contributed by atoms with Gasteiger partial charge in [0.1, 0.15) is 5.76 Å². The maximum absolute atomic E-state index is 5.72. The lowest BCUT2D eigenvalue weighted by atomic mass is 10.1. The summed E-state index contributed by atoms with van der Waals surface area (Å²) in [5.41, 5.74) is 1.47. The molecule has 1 saturated carbocycles. The van der Waals surface area contributed by atoms with Gasteiger partial charge in [-0.25, -0.2) is 0 Å². The fraction of sp³-hybridized carbons (Fsp3) is 0.750. The molecule has 0 aromatic carbocycles. The number of piperidine rings is 1. The van der Waals surface area contributed by atoms with Crippen LogP contribution < -0.4 is 5.32 Å². The Morgan fingerprint density at radius 2 is 2.21 bits per heavy atom. The Morgan fingerprint density at radius 3 is 2.84 bits per heavy atom. The van der Waals surface area contributed by atoms with E-state index in [1.54, 1.807) is 0 Å². The highest BCUT2D eigenvalue weighted by Crippen LogP contribution is 2.38. The number of rotatable bonds is 4. The van der Waals surface area contributed by atoms with Gasteiger partial charge in [0.2, 0.25) is 0 Å². The summed E-state index contributed by atoms with van der Waals surface area (Å²) in [6.07, 6.45) is 6.08. The first-order valence-corrected chi connectivity index (χ1v) is 7.55. The van der Waals surface area contributed by atoms with Crippen LogP contribution in [0.15, 0.2) is 16.7 Å². The van der Waals surface area contributed by atoms with E-state index in [1.165, 1.54) is 31.4 Å². The van der Waals surface area contributed by atoms with E-state index in [-0.39, 0.29) is 5.54 Å². The highest BCUT2D eigenvalue weighted by Gasteiger charge is 2.38. The van der Waals surface area contributed by atoms with Gasteiger partial charge in [-0.3, -0.25) is 4.90 Å². The summed E-state index contributed by atoms with van der Waals surface area (Å²) in [5, 5.41) is 3.55. The third-order valence-electron chi connectivity index (χ3n) is 4.52. The fourth-order valence-electron chi connectivity index (χ4n) is 3.43. The van der Waals surface area contributed by atoms with Crippen molar-refractivity contribution in [3.8, 4) is 0 Å². The molecule has 2 atom stereocenters. The average Bonchev–Trinajstić information content (AvgIpc) is 3.01. The summed E-state index contributed by atoms with van der Waals surface area (Å²) < 4.78 is 5.72. The molecule has 0 amide bonds. The van der Waals surface area contributed by atoms with Crippen molar-refractivity contribution in [1.82, 2.24) is 10.2 Å². The van der Waals surface area contributed by atoms with Crippen LogP contribution in [0.3, 0.4) is 0 Å². The van der Waals surface area contributed by atoms with Gasteiger partial charge in [0.15, 0.2) is 0 Å². The van der Waals surface area contributed by atoms with Crippen molar-refractivity contribution < 1.29 is 4.42 Å². The molecule has 106 valence electrons. The second kappa shape index (κ2) is 4.95. The van der Waals surface area contributed by atoms with Crippen molar-refractivity contribution in [1.29, 1.82) is 0 Å². The molecule has 1 saturated heterocycles. The molecule has 0 radical (unpaired) electrons. The number of hydrogen-bond donors (Lipinski definition) is 1. The molecule has 2 aliphatic rings. The minimum atomic E-state index is 0.154. The Kier molecular flexibility index (Phi) is 3.44. The first-order chi connectivity index (χ1) is 9.01. The Bertz CT molecular complexity index is 432. The van der Waals surface area contributed by atoms with Crippen molar-refractivity contribution in [2.24, 2.45) is 5.92 Å². The molecule has 1 aliphatic carbocycles. The van der Waals surface area contributed by atoms with Gasteiger partial charge in [-0.15, -0.1) is 0 Å². The van der Waals surface area contributed by atoms with Crippen molar-refractivity contribution >= 4 is 0 Å². The van der Waals surface area contributed by atoms with E-state index >= 15 is 0 Å². The van der Waals surface area contributed by atoms with Crippen LogP contribution in [0.25, 0.3) is 0 Å². The van der Waals surface area contributed by atoms with E-state index in [9.17, 15) is 0 Å². The van der Waals surface area contributed by atoms with Gasteiger partial charge in [0.25, 0.3) is 0 Å². The maximum Gasteiger partial charge on any atom is 0.122 e. The number of hydrogen-bond acceptors (Lipinski definition) is 3. The minimum absolute atomic E-state index is 0.154. The zero-order chi connectivity index (χ0) is 13.5. The zero-order valence-electron chi connectivity index (χ0n) is 12.4. The van der Waals surface area contributed by atoms with Crippen LogP contribution in [-0.2, 0) is 13.1 Å². The molecular formula is C16H26N2O. The van der Waals surface area contributed by atoms with Gasteiger partial charge < -0.3 is 9.73 Å². The summed E-state index contributed by atoms with van der Waals surface area (Å²) in [4.78, 5) is 2.62. The Labute approximate surface area is 116 Å². The highest BCUT2D eigenvalue weighted by atomic mass is 16.3. The number of likely N-dealkylation sites (tertiary alicyclic amines) is 1. The van der Waals surface area contributed by atoms with Gasteiger partial charge in [-0.05, 0) is 52.0 Å². The number of nitrogens with one attached hydrogen (secondary N) is 1. The first kappa shape index (κ1) is 13.2. The van der Waals surface area contributed by atoms with Crippen LogP contribution in [-0.4, -0.2) is 23.0 Å². The maximum atomic E-state index is 5.72. The van der Waals surface area contributed by atoms with Gasteiger partial charge >= 0.3 is 0 Å². The first-order valence-electron chi connectivity index (χ1n) is 7.55. The lowest BCUT2D eigenvalue weighted by Crippen LogP contribution is -2.35. The van der Waals surface area contributed by atoms with Crippen molar-refractivity contribution in [2.45, 2.75) is 64.7 Å². The normalized spacial score (nSPS) is 27.3. The van der Waals surface area contributed by atoms with Crippen LogP contribution in [0.1, 0.15) is 51.4 Å². The monoisotopic (exact) mass is 262 g/mol. The molecule has 2 unspecified atom stereocenters. The van der Waals surface area contributed by atoms with E-state index in [0.29, 0.717) is 0 Å². The summed E-state index contributed by atoms with van der Waals surface area (Å²) in [7, 11) is 0. The molecule has 0 spiro atoms.